The maximum atomic E-state index is 12.6. The summed E-state index contributed by atoms with van der Waals surface area (Å²) in [4.78, 5) is 31.4. The molecule has 0 bridgehead atoms. The number of halogens is 1. The summed E-state index contributed by atoms with van der Waals surface area (Å²) in [5.41, 5.74) is 2.74. The Kier molecular flexibility index (Phi) is 3.97. The van der Waals surface area contributed by atoms with E-state index in [4.69, 9.17) is 0 Å². The molecule has 2 aromatic rings. The van der Waals surface area contributed by atoms with Gasteiger partial charge in [-0.15, -0.1) is 0 Å². The van der Waals surface area contributed by atoms with E-state index in [-0.39, 0.29) is 11.8 Å². The van der Waals surface area contributed by atoms with Crippen LogP contribution < -0.4 is 10.2 Å². The average Bonchev–Trinajstić information content (AvgIpc) is 3.08. The van der Waals surface area contributed by atoms with Crippen LogP contribution in [-0.2, 0) is 9.59 Å². The molecule has 0 aromatic heterocycles. The van der Waals surface area contributed by atoms with Gasteiger partial charge >= 0.3 is 0 Å². The average molecular weight is 414 g/mol. The van der Waals surface area contributed by atoms with Crippen molar-refractivity contribution in [2.24, 2.45) is 4.99 Å². The number of hydrogen-bond acceptors (Lipinski definition) is 4. The summed E-state index contributed by atoms with van der Waals surface area (Å²) >= 11 is 4.57. The summed E-state index contributed by atoms with van der Waals surface area (Å²) < 4.78 is 0.957. The molecular weight excluding hydrogens is 402 g/mol. The van der Waals surface area contributed by atoms with Gasteiger partial charge in [-0.3, -0.25) is 9.59 Å². The number of benzene rings is 2. The number of carbonyl (C=O) groups excluding carboxylic acids is 2. The molecule has 25 heavy (non-hydrogen) atoms. The minimum atomic E-state index is -0.297. The van der Waals surface area contributed by atoms with Crippen molar-refractivity contribution in [1.82, 2.24) is 5.32 Å². The van der Waals surface area contributed by atoms with Gasteiger partial charge in [-0.25, -0.2) is 4.99 Å². The van der Waals surface area contributed by atoms with Gasteiger partial charge in [0, 0.05) is 17.1 Å². The number of thioether (sulfide) groups is 1. The number of carbonyl (C=O) groups is 2. The second kappa shape index (κ2) is 6.16. The minimum absolute atomic E-state index is 0.177. The van der Waals surface area contributed by atoms with Crippen molar-refractivity contribution in [3.63, 3.8) is 0 Å². The molecule has 0 spiro atoms. The predicted molar refractivity (Wildman–Crippen MR) is 104 cm³/mol. The van der Waals surface area contributed by atoms with E-state index in [0.29, 0.717) is 15.6 Å². The first-order valence-electron chi connectivity index (χ1n) is 7.50. The van der Waals surface area contributed by atoms with Crippen LogP contribution in [-0.4, -0.2) is 24.0 Å². The fourth-order valence-corrected chi connectivity index (χ4v) is 3.96. The van der Waals surface area contributed by atoms with Gasteiger partial charge in [-0.1, -0.05) is 34.1 Å². The number of fused-ring (bicyclic) bond motifs is 1. The van der Waals surface area contributed by atoms with E-state index >= 15 is 0 Å². The van der Waals surface area contributed by atoms with Crippen molar-refractivity contribution in [2.45, 2.75) is 0 Å². The standard InChI is InChI=1S/C18H12BrN3O2S/c1-22-13-5-3-2-4-12(13)14(17(22)24)15-16(23)21-18(25-15)20-11-8-6-10(19)7-9-11/h2-9H,1H3,(H,20,21,23). The molecule has 5 nitrogen and oxygen atoms in total. The molecule has 2 aliphatic heterocycles. The Hall–Kier alpha value is -2.38. The lowest BCUT2D eigenvalue weighted by Crippen LogP contribution is -2.23. The van der Waals surface area contributed by atoms with Crippen LogP contribution in [0.2, 0.25) is 0 Å². The topological polar surface area (TPSA) is 61.8 Å². The van der Waals surface area contributed by atoms with Gasteiger partial charge in [0.1, 0.15) is 0 Å². The Bertz CT molecular complexity index is 967. The number of aliphatic imine (C=N–C) groups is 1. The van der Waals surface area contributed by atoms with Crippen molar-refractivity contribution < 1.29 is 9.59 Å². The second-order valence-corrected chi connectivity index (χ2v) is 7.45. The van der Waals surface area contributed by atoms with E-state index in [1.54, 1.807) is 11.9 Å². The smallest absolute Gasteiger partial charge is 0.264 e. The van der Waals surface area contributed by atoms with E-state index in [0.717, 1.165) is 21.4 Å². The molecule has 1 N–H and O–H groups in total. The van der Waals surface area contributed by atoms with Crippen LogP contribution in [0.3, 0.4) is 0 Å². The van der Waals surface area contributed by atoms with Crippen molar-refractivity contribution in [3.05, 3.63) is 63.5 Å². The summed E-state index contributed by atoms with van der Waals surface area (Å²) in [7, 11) is 1.71. The van der Waals surface area contributed by atoms with Crippen molar-refractivity contribution in [1.29, 1.82) is 0 Å². The zero-order valence-electron chi connectivity index (χ0n) is 13.1. The third-order valence-electron chi connectivity index (χ3n) is 3.96. The first-order valence-corrected chi connectivity index (χ1v) is 9.11. The van der Waals surface area contributed by atoms with Gasteiger partial charge in [0.25, 0.3) is 11.8 Å². The molecule has 1 saturated heterocycles. The fourth-order valence-electron chi connectivity index (χ4n) is 2.76. The third-order valence-corrected chi connectivity index (χ3v) is 5.47. The Morgan fingerprint density at radius 3 is 2.56 bits per heavy atom. The van der Waals surface area contributed by atoms with Crippen LogP contribution in [0.4, 0.5) is 11.4 Å². The first kappa shape index (κ1) is 16.1. The quantitative estimate of drug-likeness (QED) is 0.725. The molecule has 0 radical (unpaired) electrons. The highest BCUT2D eigenvalue weighted by Crippen LogP contribution is 2.42. The van der Waals surface area contributed by atoms with E-state index in [1.807, 2.05) is 48.5 Å². The molecule has 2 heterocycles. The van der Waals surface area contributed by atoms with E-state index < -0.39 is 0 Å². The van der Waals surface area contributed by atoms with E-state index in [2.05, 4.69) is 26.2 Å². The number of likely N-dealkylation sites (N-methyl/N-ethyl adjacent to an activating group) is 1. The normalized spacial score (nSPS) is 21.0. The predicted octanol–water partition coefficient (Wildman–Crippen LogP) is 3.69. The molecule has 4 rings (SSSR count). The molecule has 0 saturated carbocycles. The fraction of sp³-hybridized carbons (Fsp3) is 0.0556. The van der Waals surface area contributed by atoms with Gasteiger partial charge in [-0.05, 0) is 42.1 Å². The molecule has 0 atom stereocenters. The molecule has 1 fully saturated rings. The summed E-state index contributed by atoms with van der Waals surface area (Å²) in [6, 6.07) is 14.9. The second-order valence-electron chi connectivity index (χ2n) is 5.54. The molecule has 124 valence electrons. The third kappa shape index (κ3) is 2.79. The monoisotopic (exact) mass is 413 g/mol. The summed E-state index contributed by atoms with van der Waals surface area (Å²) in [5.74, 6) is -0.474. The van der Waals surface area contributed by atoms with Gasteiger partial charge in [-0.2, -0.15) is 0 Å². The Morgan fingerprint density at radius 1 is 1.08 bits per heavy atom. The van der Waals surface area contributed by atoms with Gasteiger partial charge in [0.15, 0.2) is 5.17 Å². The van der Waals surface area contributed by atoms with Crippen molar-refractivity contribution in [3.8, 4) is 0 Å². The number of amides is 2. The van der Waals surface area contributed by atoms with Crippen LogP contribution in [0.25, 0.3) is 5.57 Å². The molecule has 0 aliphatic carbocycles. The molecule has 2 amide bonds. The van der Waals surface area contributed by atoms with Gasteiger partial charge < -0.3 is 10.2 Å². The number of para-hydroxylation sites is 1. The number of nitrogens with zero attached hydrogens (tertiary/aromatic N) is 2. The lowest BCUT2D eigenvalue weighted by molar-refractivity contribution is -0.116. The van der Waals surface area contributed by atoms with Gasteiger partial charge in [0.05, 0.1) is 21.9 Å². The van der Waals surface area contributed by atoms with E-state index in [1.165, 1.54) is 11.8 Å². The lowest BCUT2D eigenvalue weighted by atomic mass is 10.1. The summed E-state index contributed by atoms with van der Waals surface area (Å²) in [6.07, 6.45) is 0. The highest BCUT2D eigenvalue weighted by molar-refractivity contribution is 9.10. The van der Waals surface area contributed by atoms with Crippen LogP contribution in [0.5, 0.6) is 0 Å². The van der Waals surface area contributed by atoms with Crippen molar-refractivity contribution in [2.75, 3.05) is 11.9 Å². The lowest BCUT2D eigenvalue weighted by Gasteiger charge is -2.08. The Morgan fingerprint density at radius 2 is 1.80 bits per heavy atom. The molecular formula is C18H12BrN3O2S. The van der Waals surface area contributed by atoms with Crippen LogP contribution in [0, 0.1) is 0 Å². The highest BCUT2D eigenvalue weighted by atomic mass is 79.9. The number of nitrogens with one attached hydrogen (secondary N) is 1. The number of rotatable bonds is 1. The SMILES string of the molecule is CN1C(=O)C(=C2SC(=Nc3ccc(Br)cc3)NC2=O)c2ccccc21. The zero-order valence-corrected chi connectivity index (χ0v) is 15.5. The van der Waals surface area contributed by atoms with Crippen LogP contribution in [0.1, 0.15) is 5.56 Å². The first-order chi connectivity index (χ1) is 12.0. The number of hydrogen-bond donors (Lipinski definition) is 1. The summed E-state index contributed by atoms with van der Waals surface area (Å²) in [6.45, 7) is 0. The van der Waals surface area contributed by atoms with Crippen LogP contribution >= 0.6 is 27.7 Å². The Labute approximate surface area is 156 Å². The van der Waals surface area contributed by atoms with Crippen molar-refractivity contribution >= 4 is 61.6 Å². The minimum Gasteiger partial charge on any atom is -0.311 e. The Balaban J connectivity index is 1.75. The summed E-state index contributed by atoms with van der Waals surface area (Å²) in [5, 5.41) is 3.21. The molecule has 0 unspecified atom stereocenters. The maximum Gasteiger partial charge on any atom is 0.264 e. The van der Waals surface area contributed by atoms with Crippen LogP contribution in [0.15, 0.2) is 62.9 Å². The van der Waals surface area contributed by atoms with Gasteiger partial charge in [0.2, 0.25) is 0 Å². The van der Waals surface area contributed by atoms with E-state index in [9.17, 15) is 9.59 Å². The number of anilines is 1. The number of amidine groups is 1. The largest absolute Gasteiger partial charge is 0.311 e. The molecule has 2 aromatic carbocycles. The zero-order chi connectivity index (χ0) is 17.6. The molecule has 7 heteroatoms. The maximum absolute atomic E-state index is 12.6. The highest BCUT2D eigenvalue weighted by Gasteiger charge is 2.37. The molecule has 2 aliphatic rings.